The van der Waals surface area contributed by atoms with Gasteiger partial charge in [0.15, 0.2) is 0 Å². The molecule has 5 nitrogen and oxygen atoms in total. The summed E-state index contributed by atoms with van der Waals surface area (Å²) in [6, 6.07) is 3.85. The van der Waals surface area contributed by atoms with E-state index in [2.05, 4.69) is 17.1 Å². The second-order valence-electron chi connectivity index (χ2n) is 6.70. The van der Waals surface area contributed by atoms with E-state index in [1.807, 2.05) is 0 Å². The Labute approximate surface area is 141 Å². The quantitative estimate of drug-likeness (QED) is 0.725. The average Bonchev–Trinajstić information content (AvgIpc) is 2.52. The fourth-order valence-electron chi connectivity index (χ4n) is 3.96. The van der Waals surface area contributed by atoms with Gasteiger partial charge in [0.1, 0.15) is 5.75 Å². The summed E-state index contributed by atoms with van der Waals surface area (Å²) in [5.74, 6) is -0.413. The Bertz CT molecular complexity index is 608. The van der Waals surface area contributed by atoms with E-state index in [0.29, 0.717) is 12.1 Å². The normalized spacial score (nSPS) is 28.2. The molecule has 1 amide bonds. The number of rotatable bonds is 2. The molecule has 0 spiro atoms. The number of aromatic hydroxyl groups is 1. The highest BCUT2D eigenvalue weighted by Crippen LogP contribution is 2.32. The van der Waals surface area contributed by atoms with Crippen molar-refractivity contribution in [3.05, 3.63) is 22.7 Å². The number of phenols is 1. The number of nitrogens with two attached hydrogens (primary N) is 1. The Morgan fingerprint density at radius 1 is 1.35 bits per heavy atom. The Kier molecular flexibility index (Phi) is 4.69. The van der Waals surface area contributed by atoms with E-state index < -0.39 is 0 Å². The topological polar surface area (TPSA) is 78.6 Å². The molecule has 23 heavy (non-hydrogen) atoms. The molecular formula is C17H24ClN3O2. The maximum atomic E-state index is 12.6. The number of carbonyl (C=O) groups excluding carboxylic acids is 1. The van der Waals surface area contributed by atoms with Crippen LogP contribution in [0, 0.1) is 0 Å². The van der Waals surface area contributed by atoms with Crippen molar-refractivity contribution in [1.29, 1.82) is 0 Å². The van der Waals surface area contributed by atoms with E-state index in [4.69, 9.17) is 17.3 Å². The number of amides is 1. The van der Waals surface area contributed by atoms with Crippen LogP contribution in [-0.2, 0) is 0 Å². The van der Waals surface area contributed by atoms with Crippen LogP contribution in [-0.4, -0.2) is 40.6 Å². The van der Waals surface area contributed by atoms with Crippen molar-refractivity contribution < 1.29 is 9.90 Å². The Morgan fingerprint density at radius 2 is 2.13 bits per heavy atom. The van der Waals surface area contributed by atoms with Gasteiger partial charge in [-0.1, -0.05) is 18.0 Å². The van der Waals surface area contributed by atoms with Crippen LogP contribution in [0.4, 0.5) is 5.69 Å². The van der Waals surface area contributed by atoms with E-state index in [1.165, 1.54) is 25.0 Å². The molecule has 2 fully saturated rings. The first-order valence-electron chi connectivity index (χ1n) is 8.32. The smallest absolute Gasteiger partial charge is 0.255 e. The summed E-state index contributed by atoms with van der Waals surface area (Å²) in [6.07, 6.45) is 5.60. The molecule has 0 aromatic heterocycles. The van der Waals surface area contributed by atoms with Crippen molar-refractivity contribution in [1.82, 2.24) is 10.2 Å². The maximum absolute atomic E-state index is 12.6. The second-order valence-corrected chi connectivity index (χ2v) is 7.11. The van der Waals surface area contributed by atoms with Gasteiger partial charge >= 0.3 is 0 Å². The number of piperidine rings is 2. The summed E-state index contributed by atoms with van der Waals surface area (Å²) in [5, 5.41) is 13.4. The lowest BCUT2D eigenvalue weighted by atomic mass is 9.86. The van der Waals surface area contributed by atoms with Crippen molar-refractivity contribution in [2.45, 2.75) is 57.2 Å². The molecule has 2 saturated heterocycles. The zero-order valence-corrected chi connectivity index (χ0v) is 14.1. The lowest BCUT2D eigenvalue weighted by Gasteiger charge is -2.47. The van der Waals surface area contributed by atoms with Crippen LogP contribution in [0.15, 0.2) is 12.1 Å². The molecule has 4 N–H and O–H groups in total. The van der Waals surface area contributed by atoms with Gasteiger partial charge in [0.05, 0.1) is 16.3 Å². The third-order valence-corrected chi connectivity index (χ3v) is 5.51. The summed E-state index contributed by atoms with van der Waals surface area (Å²) >= 11 is 5.98. The summed E-state index contributed by atoms with van der Waals surface area (Å²) in [4.78, 5) is 15.1. The molecule has 0 aliphatic carbocycles. The van der Waals surface area contributed by atoms with Gasteiger partial charge in [-0.15, -0.1) is 0 Å². The first kappa shape index (κ1) is 16.4. The van der Waals surface area contributed by atoms with Gasteiger partial charge in [-0.25, -0.2) is 0 Å². The van der Waals surface area contributed by atoms with E-state index >= 15 is 0 Å². The summed E-state index contributed by atoms with van der Waals surface area (Å²) in [5.41, 5.74) is 6.10. The third kappa shape index (κ3) is 3.26. The Morgan fingerprint density at radius 3 is 2.91 bits per heavy atom. The minimum atomic E-state index is -0.283. The van der Waals surface area contributed by atoms with Crippen molar-refractivity contribution >= 4 is 23.2 Å². The molecule has 1 unspecified atom stereocenters. The predicted octanol–water partition coefficient (Wildman–Crippen LogP) is 2.76. The van der Waals surface area contributed by atoms with E-state index in [0.717, 1.165) is 25.8 Å². The molecule has 0 saturated carbocycles. The van der Waals surface area contributed by atoms with Crippen LogP contribution in [0.2, 0.25) is 5.02 Å². The number of nitrogen functional groups attached to an aromatic ring is 1. The van der Waals surface area contributed by atoms with Gasteiger partial charge in [-0.05, 0) is 45.2 Å². The minimum Gasteiger partial charge on any atom is -0.507 e. The highest BCUT2D eigenvalue weighted by Gasteiger charge is 2.37. The molecule has 3 rings (SSSR count). The van der Waals surface area contributed by atoms with Crippen LogP contribution in [0.3, 0.4) is 0 Å². The van der Waals surface area contributed by atoms with Crippen LogP contribution < -0.4 is 11.1 Å². The summed E-state index contributed by atoms with van der Waals surface area (Å²) in [7, 11) is 0. The molecule has 0 bridgehead atoms. The fraction of sp³-hybridized carbons (Fsp3) is 0.588. The largest absolute Gasteiger partial charge is 0.507 e. The minimum absolute atomic E-state index is 0.120. The van der Waals surface area contributed by atoms with E-state index in [1.54, 1.807) is 0 Å². The number of halogens is 1. The molecule has 2 aliphatic rings. The van der Waals surface area contributed by atoms with Crippen LogP contribution >= 0.6 is 11.6 Å². The molecular weight excluding hydrogens is 314 g/mol. The van der Waals surface area contributed by atoms with Gasteiger partial charge in [-0.3, -0.25) is 9.69 Å². The zero-order valence-electron chi connectivity index (χ0n) is 13.4. The van der Waals surface area contributed by atoms with Crippen LogP contribution in [0.1, 0.15) is 49.4 Å². The number of carbonyl (C=O) groups is 1. The number of nitrogens with one attached hydrogen (secondary N) is 1. The van der Waals surface area contributed by atoms with Gasteiger partial charge in [0, 0.05) is 24.2 Å². The number of benzene rings is 1. The Balaban J connectivity index is 1.76. The van der Waals surface area contributed by atoms with E-state index in [9.17, 15) is 9.90 Å². The third-order valence-electron chi connectivity index (χ3n) is 5.19. The van der Waals surface area contributed by atoms with Crippen LogP contribution in [0.5, 0.6) is 5.75 Å². The van der Waals surface area contributed by atoms with Crippen LogP contribution in [0.25, 0.3) is 0 Å². The highest BCUT2D eigenvalue weighted by molar-refractivity contribution is 6.33. The van der Waals surface area contributed by atoms with Crippen molar-refractivity contribution in [3.8, 4) is 5.75 Å². The monoisotopic (exact) mass is 337 g/mol. The number of nitrogens with zero attached hydrogens (tertiary/aromatic N) is 1. The lowest BCUT2D eigenvalue weighted by molar-refractivity contribution is 0.0353. The molecule has 1 aromatic carbocycles. The number of anilines is 1. The average molecular weight is 338 g/mol. The zero-order chi connectivity index (χ0) is 16.6. The number of hydrogen-bond donors (Lipinski definition) is 3. The van der Waals surface area contributed by atoms with Gasteiger partial charge < -0.3 is 16.2 Å². The predicted molar refractivity (Wildman–Crippen MR) is 91.8 cm³/mol. The van der Waals surface area contributed by atoms with Gasteiger partial charge in [0.2, 0.25) is 0 Å². The maximum Gasteiger partial charge on any atom is 0.255 e. The number of hydrogen-bond acceptors (Lipinski definition) is 4. The first-order valence-corrected chi connectivity index (χ1v) is 8.69. The fourth-order valence-corrected chi connectivity index (χ4v) is 4.12. The number of fused-ring (bicyclic) bond motifs is 1. The molecule has 0 radical (unpaired) electrons. The SMILES string of the molecule is C[C@@H]1CCC[C@@H]2C(NC(=O)c3cc(Cl)c(N)cc3O)CCCN12. The summed E-state index contributed by atoms with van der Waals surface area (Å²) in [6.45, 7) is 3.37. The summed E-state index contributed by atoms with van der Waals surface area (Å²) < 4.78 is 0. The second kappa shape index (κ2) is 6.57. The lowest BCUT2D eigenvalue weighted by Crippen LogP contribution is -2.59. The van der Waals surface area contributed by atoms with Gasteiger partial charge in [-0.2, -0.15) is 0 Å². The van der Waals surface area contributed by atoms with Crippen molar-refractivity contribution in [2.24, 2.45) is 0 Å². The van der Waals surface area contributed by atoms with Gasteiger partial charge in [0.25, 0.3) is 5.91 Å². The van der Waals surface area contributed by atoms with Crippen molar-refractivity contribution in [3.63, 3.8) is 0 Å². The molecule has 2 heterocycles. The Hall–Kier alpha value is -1.46. The number of phenolic OH excluding ortho intramolecular Hbond substituents is 1. The molecule has 126 valence electrons. The molecule has 1 aromatic rings. The molecule has 6 heteroatoms. The molecule has 2 aliphatic heterocycles. The van der Waals surface area contributed by atoms with E-state index in [-0.39, 0.29) is 34.0 Å². The molecule has 3 atom stereocenters. The highest BCUT2D eigenvalue weighted by atomic mass is 35.5. The van der Waals surface area contributed by atoms with Crippen molar-refractivity contribution in [2.75, 3.05) is 12.3 Å². The first-order chi connectivity index (χ1) is 11.0. The standard InChI is InChI=1S/C17H24ClN3O2/c1-10-4-2-6-15-14(5-3-7-21(10)15)20-17(23)11-8-12(18)13(19)9-16(11)22/h8-10,14-15,22H,2-7,19H2,1H3,(H,20,23)/t10-,14?,15-/m1/s1.